The molecule has 0 aliphatic rings. The highest BCUT2D eigenvalue weighted by Crippen LogP contribution is 2.19. The first kappa shape index (κ1) is 15.5. The Bertz CT molecular complexity index is 431. The Kier molecular flexibility index (Phi) is 6.36. The minimum atomic E-state index is -0.877. The average Bonchev–Trinajstić information content (AvgIpc) is 2.36. The summed E-state index contributed by atoms with van der Waals surface area (Å²) < 4.78 is 0. The third kappa shape index (κ3) is 5.75. The van der Waals surface area contributed by atoms with Crippen LogP contribution in [0.1, 0.15) is 44.2 Å². The van der Waals surface area contributed by atoms with E-state index in [2.05, 4.69) is 5.32 Å². The maximum atomic E-state index is 11.7. The number of amides is 1. The molecule has 1 rings (SSSR count). The zero-order valence-corrected chi connectivity index (χ0v) is 11.6. The van der Waals surface area contributed by atoms with Crippen molar-refractivity contribution in [2.75, 3.05) is 0 Å². The summed E-state index contributed by atoms with van der Waals surface area (Å²) in [6, 6.07) is 7.28. The quantitative estimate of drug-likeness (QED) is 0.808. The van der Waals surface area contributed by atoms with E-state index in [0.717, 1.165) is 12.0 Å². The van der Waals surface area contributed by atoms with E-state index in [-0.39, 0.29) is 24.8 Å². The molecule has 0 aromatic heterocycles. The van der Waals surface area contributed by atoms with E-state index in [4.69, 9.17) is 16.7 Å². The van der Waals surface area contributed by atoms with Gasteiger partial charge in [-0.15, -0.1) is 0 Å². The molecule has 5 heteroatoms. The van der Waals surface area contributed by atoms with E-state index >= 15 is 0 Å². The SMILES string of the molecule is CCC(NC(=O)CCCC(=O)O)c1ccc(Cl)cc1. The van der Waals surface area contributed by atoms with Gasteiger partial charge in [0.05, 0.1) is 6.04 Å². The van der Waals surface area contributed by atoms with Crippen LogP contribution >= 0.6 is 11.6 Å². The van der Waals surface area contributed by atoms with E-state index < -0.39 is 5.97 Å². The molecule has 0 aliphatic carbocycles. The normalized spacial score (nSPS) is 11.9. The van der Waals surface area contributed by atoms with Crippen molar-refractivity contribution in [1.29, 1.82) is 0 Å². The number of nitrogens with one attached hydrogen (secondary N) is 1. The van der Waals surface area contributed by atoms with Gasteiger partial charge in [-0.2, -0.15) is 0 Å². The van der Waals surface area contributed by atoms with Crippen molar-refractivity contribution >= 4 is 23.5 Å². The molecule has 0 saturated carbocycles. The van der Waals surface area contributed by atoms with Crippen LogP contribution in [0.5, 0.6) is 0 Å². The predicted molar refractivity (Wildman–Crippen MR) is 74.1 cm³/mol. The molecule has 1 unspecified atom stereocenters. The number of carbonyl (C=O) groups is 2. The molecule has 0 radical (unpaired) electrons. The number of halogens is 1. The van der Waals surface area contributed by atoms with E-state index in [1.165, 1.54) is 0 Å². The number of carboxylic acid groups (broad SMARTS) is 1. The van der Waals surface area contributed by atoms with Crippen molar-refractivity contribution in [3.05, 3.63) is 34.9 Å². The topological polar surface area (TPSA) is 66.4 Å². The van der Waals surface area contributed by atoms with Gasteiger partial charge in [-0.25, -0.2) is 0 Å². The van der Waals surface area contributed by atoms with Crippen LogP contribution in [0, 0.1) is 0 Å². The molecule has 0 saturated heterocycles. The van der Waals surface area contributed by atoms with Crippen molar-refractivity contribution in [1.82, 2.24) is 5.32 Å². The molecule has 1 aromatic carbocycles. The number of hydrogen-bond donors (Lipinski definition) is 2. The molecule has 1 atom stereocenters. The molecule has 2 N–H and O–H groups in total. The van der Waals surface area contributed by atoms with Crippen LogP contribution in [0.25, 0.3) is 0 Å². The number of benzene rings is 1. The zero-order chi connectivity index (χ0) is 14.3. The van der Waals surface area contributed by atoms with Crippen molar-refractivity contribution < 1.29 is 14.7 Å². The van der Waals surface area contributed by atoms with Gasteiger partial charge in [-0.05, 0) is 30.5 Å². The summed E-state index contributed by atoms with van der Waals surface area (Å²) in [6.07, 6.45) is 1.38. The summed E-state index contributed by atoms with van der Waals surface area (Å²) in [6.45, 7) is 1.98. The molecule has 0 aliphatic heterocycles. The standard InChI is InChI=1S/C14H18ClNO3/c1-2-12(10-6-8-11(15)9-7-10)16-13(17)4-3-5-14(18)19/h6-9,12H,2-5H2,1H3,(H,16,17)(H,18,19). The monoisotopic (exact) mass is 283 g/mol. The van der Waals surface area contributed by atoms with Gasteiger partial charge in [0.1, 0.15) is 0 Å². The van der Waals surface area contributed by atoms with Crippen LogP contribution in [0.3, 0.4) is 0 Å². The highest BCUT2D eigenvalue weighted by Gasteiger charge is 2.12. The molecule has 1 amide bonds. The number of hydrogen-bond acceptors (Lipinski definition) is 2. The first-order chi connectivity index (χ1) is 9.02. The molecule has 104 valence electrons. The lowest BCUT2D eigenvalue weighted by atomic mass is 10.0. The Labute approximate surface area is 117 Å². The summed E-state index contributed by atoms with van der Waals surface area (Å²) in [5, 5.41) is 12.1. The van der Waals surface area contributed by atoms with Gasteiger partial charge in [0.15, 0.2) is 0 Å². The molecule has 0 fully saturated rings. The van der Waals surface area contributed by atoms with Crippen molar-refractivity contribution in [3.8, 4) is 0 Å². The molecule has 0 heterocycles. The summed E-state index contributed by atoms with van der Waals surface area (Å²) in [5.41, 5.74) is 0.999. The van der Waals surface area contributed by atoms with Crippen molar-refractivity contribution in [2.24, 2.45) is 0 Å². The first-order valence-corrected chi connectivity index (χ1v) is 6.67. The fourth-order valence-electron chi connectivity index (χ4n) is 1.78. The maximum absolute atomic E-state index is 11.7. The van der Waals surface area contributed by atoms with Crippen LogP contribution in [0.2, 0.25) is 5.02 Å². The molecule has 0 bridgehead atoms. The fourth-order valence-corrected chi connectivity index (χ4v) is 1.91. The van der Waals surface area contributed by atoms with E-state index in [1.807, 2.05) is 19.1 Å². The Balaban J connectivity index is 2.50. The van der Waals surface area contributed by atoms with Crippen LogP contribution in [0.4, 0.5) is 0 Å². The van der Waals surface area contributed by atoms with Gasteiger partial charge in [0.25, 0.3) is 0 Å². The van der Waals surface area contributed by atoms with Crippen molar-refractivity contribution in [2.45, 2.75) is 38.6 Å². The Morgan fingerprint density at radius 1 is 1.26 bits per heavy atom. The second-order valence-corrected chi connectivity index (χ2v) is 4.76. The summed E-state index contributed by atoms with van der Waals surface area (Å²) >= 11 is 5.82. The zero-order valence-electron chi connectivity index (χ0n) is 10.9. The molecule has 19 heavy (non-hydrogen) atoms. The summed E-state index contributed by atoms with van der Waals surface area (Å²) in [7, 11) is 0. The first-order valence-electron chi connectivity index (χ1n) is 6.29. The summed E-state index contributed by atoms with van der Waals surface area (Å²) in [5.74, 6) is -0.999. The minimum Gasteiger partial charge on any atom is -0.481 e. The van der Waals surface area contributed by atoms with E-state index in [9.17, 15) is 9.59 Å². The third-order valence-electron chi connectivity index (χ3n) is 2.81. The Hall–Kier alpha value is -1.55. The molecular formula is C14H18ClNO3. The van der Waals surface area contributed by atoms with Crippen LogP contribution < -0.4 is 5.32 Å². The number of carboxylic acids is 1. The highest BCUT2D eigenvalue weighted by atomic mass is 35.5. The second-order valence-electron chi connectivity index (χ2n) is 4.33. The van der Waals surface area contributed by atoms with Crippen LogP contribution in [-0.2, 0) is 9.59 Å². The Morgan fingerprint density at radius 3 is 2.42 bits per heavy atom. The third-order valence-corrected chi connectivity index (χ3v) is 3.06. The van der Waals surface area contributed by atoms with E-state index in [0.29, 0.717) is 11.4 Å². The van der Waals surface area contributed by atoms with Gasteiger partial charge in [-0.3, -0.25) is 9.59 Å². The van der Waals surface area contributed by atoms with Gasteiger partial charge in [-0.1, -0.05) is 30.7 Å². The largest absolute Gasteiger partial charge is 0.481 e. The highest BCUT2D eigenvalue weighted by molar-refractivity contribution is 6.30. The van der Waals surface area contributed by atoms with Crippen LogP contribution in [0.15, 0.2) is 24.3 Å². The second kappa shape index (κ2) is 7.79. The lowest BCUT2D eigenvalue weighted by Crippen LogP contribution is -2.27. The Morgan fingerprint density at radius 2 is 1.89 bits per heavy atom. The number of rotatable bonds is 7. The van der Waals surface area contributed by atoms with Crippen molar-refractivity contribution in [3.63, 3.8) is 0 Å². The van der Waals surface area contributed by atoms with Gasteiger partial charge in [0, 0.05) is 17.9 Å². The molecule has 4 nitrogen and oxygen atoms in total. The maximum Gasteiger partial charge on any atom is 0.303 e. The number of aliphatic carboxylic acids is 1. The van der Waals surface area contributed by atoms with Crippen LogP contribution in [-0.4, -0.2) is 17.0 Å². The molecular weight excluding hydrogens is 266 g/mol. The smallest absolute Gasteiger partial charge is 0.303 e. The van der Waals surface area contributed by atoms with Gasteiger partial charge < -0.3 is 10.4 Å². The lowest BCUT2D eigenvalue weighted by molar-refractivity contribution is -0.137. The molecule has 0 spiro atoms. The lowest BCUT2D eigenvalue weighted by Gasteiger charge is -2.17. The fraction of sp³-hybridized carbons (Fsp3) is 0.429. The summed E-state index contributed by atoms with van der Waals surface area (Å²) in [4.78, 5) is 22.1. The minimum absolute atomic E-state index is 0.0190. The van der Waals surface area contributed by atoms with Gasteiger partial charge in [0.2, 0.25) is 5.91 Å². The number of carbonyl (C=O) groups excluding carboxylic acids is 1. The molecule has 1 aromatic rings. The van der Waals surface area contributed by atoms with E-state index in [1.54, 1.807) is 12.1 Å². The predicted octanol–water partition coefficient (Wildman–Crippen LogP) is 3.16. The van der Waals surface area contributed by atoms with Gasteiger partial charge >= 0.3 is 5.97 Å². The average molecular weight is 284 g/mol.